The molecule has 2 nitrogen and oxygen atoms in total. The number of nitrogens with one attached hydrogen (secondary N) is 1. The van der Waals surface area contributed by atoms with Crippen molar-refractivity contribution in [3.05, 3.63) is 0 Å². The fourth-order valence-electron chi connectivity index (χ4n) is 2.69. The van der Waals surface area contributed by atoms with E-state index in [0.717, 1.165) is 6.54 Å². The monoisotopic (exact) mass is 240 g/mol. The van der Waals surface area contributed by atoms with Gasteiger partial charge in [0.2, 0.25) is 0 Å². The molecule has 1 aliphatic rings. The fraction of sp³-hybridized carbons (Fsp3) is 1.00. The summed E-state index contributed by atoms with van der Waals surface area (Å²) in [6.45, 7) is 18.7. The van der Waals surface area contributed by atoms with Gasteiger partial charge in [-0.25, -0.2) is 0 Å². The van der Waals surface area contributed by atoms with Crippen LogP contribution in [0.15, 0.2) is 0 Å². The van der Waals surface area contributed by atoms with E-state index < -0.39 is 0 Å². The summed E-state index contributed by atoms with van der Waals surface area (Å²) in [5.74, 6) is 0. The Morgan fingerprint density at radius 3 is 2.12 bits per heavy atom. The van der Waals surface area contributed by atoms with Gasteiger partial charge >= 0.3 is 0 Å². The van der Waals surface area contributed by atoms with Crippen LogP contribution in [0.2, 0.25) is 0 Å². The molecule has 1 heterocycles. The molecule has 1 saturated heterocycles. The van der Waals surface area contributed by atoms with E-state index in [1.807, 2.05) is 0 Å². The number of hydrogen-bond donors (Lipinski definition) is 1. The van der Waals surface area contributed by atoms with Gasteiger partial charge in [-0.2, -0.15) is 0 Å². The Hall–Kier alpha value is -0.0800. The second-order valence-corrected chi connectivity index (χ2v) is 7.21. The van der Waals surface area contributed by atoms with E-state index in [9.17, 15) is 0 Å². The Balaban J connectivity index is 2.82. The average molecular weight is 240 g/mol. The first-order valence-corrected chi connectivity index (χ1v) is 7.22. The third kappa shape index (κ3) is 3.45. The zero-order valence-corrected chi connectivity index (χ0v) is 12.9. The van der Waals surface area contributed by atoms with Gasteiger partial charge in [0.25, 0.3) is 0 Å². The van der Waals surface area contributed by atoms with Crippen molar-refractivity contribution in [3.63, 3.8) is 0 Å². The minimum atomic E-state index is 0.326. The van der Waals surface area contributed by atoms with Gasteiger partial charge in [-0.3, -0.25) is 4.90 Å². The molecule has 0 aromatic carbocycles. The standard InChI is InChI=1S/C15H32N2/c1-8-12-10-16-13(14(3,4)5)11-17(12)15(6,7)9-2/h12-13,16H,8-11H2,1-7H3. The van der Waals surface area contributed by atoms with Gasteiger partial charge in [0.05, 0.1) is 0 Å². The molecular weight excluding hydrogens is 208 g/mol. The Labute approximate surface area is 108 Å². The maximum Gasteiger partial charge on any atom is 0.0244 e. The van der Waals surface area contributed by atoms with E-state index in [4.69, 9.17) is 0 Å². The molecule has 1 rings (SSSR count). The fourth-order valence-corrected chi connectivity index (χ4v) is 2.69. The minimum absolute atomic E-state index is 0.326. The van der Waals surface area contributed by atoms with Gasteiger partial charge in [0.15, 0.2) is 0 Å². The highest BCUT2D eigenvalue weighted by Crippen LogP contribution is 2.30. The Bertz CT molecular complexity index is 240. The van der Waals surface area contributed by atoms with E-state index in [1.54, 1.807) is 0 Å². The molecule has 2 atom stereocenters. The summed E-state index contributed by atoms with van der Waals surface area (Å²) in [5, 5.41) is 3.74. The second-order valence-electron chi connectivity index (χ2n) is 7.21. The molecule has 2 unspecified atom stereocenters. The highest BCUT2D eigenvalue weighted by Gasteiger charge is 2.38. The molecule has 0 radical (unpaired) electrons. The molecule has 1 aliphatic heterocycles. The Kier molecular flexibility index (Phi) is 4.65. The van der Waals surface area contributed by atoms with Crippen LogP contribution < -0.4 is 5.32 Å². The zero-order valence-electron chi connectivity index (χ0n) is 12.9. The van der Waals surface area contributed by atoms with Crippen LogP contribution in [0.1, 0.15) is 61.3 Å². The number of nitrogens with zero attached hydrogens (tertiary/aromatic N) is 1. The van der Waals surface area contributed by atoms with Crippen LogP contribution in [0.25, 0.3) is 0 Å². The van der Waals surface area contributed by atoms with Crippen molar-refractivity contribution >= 4 is 0 Å². The molecule has 1 N–H and O–H groups in total. The lowest BCUT2D eigenvalue weighted by Gasteiger charge is -2.51. The Morgan fingerprint density at radius 2 is 1.71 bits per heavy atom. The second kappa shape index (κ2) is 5.27. The summed E-state index contributed by atoms with van der Waals surface area (Å²) in [6.07, 6.45) is 2.47. The smallest absolute Gasteiger partial charge is 0.0244 e. The lowest BCUT2D eigenvalue weighted by atomic mass is 9.82. The number of rotatable bonds is 3. The lowest BCUT2D eigenvalue weighted by molar-refractivity contribution is 0.00503. The van der Waals surface area contributed by atoms with Crippen LogP contribution in [-0.4, -0.2) is 35.6 Å². The van der Waals surface area contributed by atoms with Crippen molar-refractivity contribution in [2.75, 3.05) is 13.1 Å². The van der Waals surface area contributed by atoms with E-state index >= 15 is 0 Å². The van der Waals surface area contributed by atoms with E-state index in [1.165, 1.54) is 19.4 Å². The molecule has 0 amide bonds. The normalized spacial score (nSPS) is 28.4. The quantitative estimate of drug-likeness (QED) is 0.814. The molecule has 1 fully saturated rings. The third-order valence-corrected chi connectivity index (χ3v) is 4.58. The van der Waals surface area contributed by atoms with Gasteiger partial charge in [-0.05, 0) is 32.1 Å². The highest BCUT2D eigenvalue weighted by atomic mass is 15.3. The third-order valence-electron chi connectivity index (χ3n) is 4.58. The first-order chi connectivity index (χ1) is 7.72. The first-order valence-electron chi connectivity index (χ1n) is 7.22. The predicted molar refractivity (Wildman–Crippen MR) is 76.4 cm³/mol. The summed E-state index contributed by atoms with van der Waals surface area (Å²) in [7, 11) is 0. The minimum Gasteiger partial charge on any atom is -0.311 e. The van der Waals surface area contributed by atoms with Gasteiger partial charge in [-0.1, -0.05) is 34.6 Å². The summed E-state index contributed by atoms with van der Waals surface area (Å²) in [5.41, 5.74) is 0.674. The van der Waals surface area contributed by atoms with Crippen LogP contribution >= 0.6 is 0 Å². The molecule has 0 saturated carbocycles. The number of hydrogen-bond acceptors (Lipinski definition) is 2. The van der Waals surface area contributed by atoms with Gasteiger partial charge in [-0.15, -0.1) is 0 Å². The van der Waals surface area contributed by atoms with Crippen molar-refractivity contribution in [2.24, 2.45) is 5.41 Å². The molecule has 0 bridgehead atoms. The maximum atomic E-state index is 3.74. The van der Waals surface area contributed by atoms with Crippen LogP contribution in [0.5, 0.6) is 0 Å². The van der Waals surface area contributed by atoms with Crippen molar-refractivity contribution in [1.29, 1.82) is 0 Å². The molecule has 0 aromatic rings. The van der Waals surface area contributed by atoms with Crippen molar-refractivity contribution < 1.29 is 0 Å². The van der Waals surface area contributed by atoms with Crippen molar-refractivity contribution in [3.8, 4) is 0 Å². The summed E-state index contributed by atoms with van der Waals surface area (Å²) in [4.78, 5) is 2.74. The van der Waals surface area contributed by atoms with Gasteiger partial charge < -0.3 is 5.32 Å². The average Bonchev–Trinajstić information content (AvgIpc) is 2.27. The molecule has 0 aliphatic carbocycles. The van der Waals surface area contributed by atoms with E-state index in [0.29, 0.717) is 23.0 Å². The highest BCUT2D eigenvalue weighted by molar-refractivity contribution is 4.96. The lowest BCUT2D eigenvalue weighted by Crippen LogP contribution is -2.65. The topological polar surface area (TPSA) is 15.3 Å². The van der Waals surface area contributed by atoms with Crippen molar-refractivity contribution in [1.82, 2.24) is 10.2 Å². The first kappa shape index (κ1) is 15.0. The van der Waals surface area contributed by atoms with Crippen LogP contribution in [0.4, 0.5) is 0 Å². The maximum absolute atomic E-state index is 3.74. The Morgan fingerprint density at radius 1 is 1.12 bits per heavy atom. The predicted octanol–water partition coefficient (Wildman–Crippen LogP) is 3.27. The van der Waals surface area contributed by atoms with Gasteiger partial charge in [0.1, 0.15) is 0 Å². The molecule has 102 valence electrons. The molecule has 2 heteroatoms. The zero-order chi connectivity index (χ0) is 13.3. The number of piperazine rings is 1. The largest absolute Gasteiger partial charge is 0.311 e. The summed E-state index contributed by atoms with van der Waals surface area (Å²) < 4.78 is 0. The van der Waals surface area contributed by atoms with Crippen LogP contribution in [-0.2, 0) is 0 Å². The van der Waals surface area contributed by atoms with E-state index in [2.05, 4.69) is 58.7 Å². The molecule has 17 heavy (non-hydrogen) atoms. The molecular formula is C15H32N2. The summed E-state index contributed by atoms with van der Waals surface area (Å²) in [6, 6.07) is 1.31. The van der Waals surface area contributed by atoms with Crippen molar-refractivity contribution in [2.45, 2.75) is 78.9 Å². The SMILES string of the molecule is CCC1CNC(C(C)(C)C)CN1C(C)(C)CC. The molecule has 0 spiro atoms. The van der Waals surface area contributed by atoms with E-state index in [-0.39, 0.29) is 0 Å². The molecule has 0 aromatic heterocycles. The van der Waals surface area contributed by atoms with Crippen LogP contribution in [0, 0.1) is 5.41 Å². The van der Waals surface area contributed by atoms with Crippen LogP contribution in [0.3, 0.4) is 0 Å². The van der Waals surface area contributed by atoms with Gasteiger partial charge in [0, 0.05) is 30.7 Å². The summed E-state index contributed by atoms with van der Waals surface area (Å²) >= 11 is 0.